The molecule has 33 heavy (non-hydrogen) atoms. The van der Waals surface area contributed by atoms with Crippen molar-refractivity contribution in [2.24, 2.45) is 0 Å². The summed E-state index contributed by atoms with van der Waals surface area (Å²) in [7, 11) is -3.42. The predicted molar refractivity (Wildman–Crippen MR) is 127 cm³/mol. The number of rotatable bonds is 6. The van der Waals surface area contributed by atoms with Gasteiger partial charge in [0.05, 0.1) is 6.26 Å². The number of sulfonamides is 1. The Morgan fingerprint density at radius 1 is 0.879 bits per heavy atom. The minimum Gasteiger partial charge on any atom is -0.438 e. The summed E-state index contributed by atoms with van der Waals surface area (Å²) < 4.78 is 31.1. The van der Waals surface area contributed by atoms with Crippen molar-refractivity contribution < 1.29 is 17.6 Å². The minimum atomic E-state index is -3.42. The highest BCUT2D eigenvalue weighted by Gasteiger charge is 2.24. The maximum absolute atomic E-state index is 12.9. The van der Waals surface area contributed by atoms with E-state index < -0.39 is 15.9 Å². The molecule has 0 aliphatic heterocycles. The van der Waals surface area contributed by atoms with E-state index in [1.807, 2.05) is 60.7 Å². The van der Waals surface area contributed by atoms with E-state index in [9.17, 15) is 18.5 Å². The first-order valence-corrected chi connectivity index (χ1v) is 11.8. The fraction of sp³-hybridized carbons (Fsp3) is 0.0400. The van der Waals surface area contributed by atoms with Crippen LogP contribution in [-0.4, -0.2) is 20.6 Å². The molecule has 8 heteroatoms. The van der Waals surface area contributed by atoms with Crippen molar-refractivity contribution >= 4 is 27.5 Å². The molecule has 0 spiro atoms. The Balaban J connectivity index is 1.72. The SMILES string of the molecule is CS(=O)(=O)Nc1ccc(C(=O)Nc2oc(-c3ccccc3)c(-c3ccccc3)c2C#N)cc1. The van der Waals surface area contributed by atoms with Gasteiger partial charge in [-0.1, -0.05) is 60.7 Å². The Labute approximate surface area is 191 Å². The molecule has 0 aliphatic rings. The number of nitrogens with one attached hydrogen (secondary N) is 2. The third-order valence-electron chi connectivity index (χ3n) is 4.80. The summed E-state index contributed by atoms with van der Waals surface area (Å²) in [4.78, 5) is 12.9. The Kier molecular flexibility index (Phi) is 5.98. The van der Waals surface area contributed by atoms with Gasteiger partial charge in [0.1, 0.15) is 17.4 Å². The van der Waals surface area contributed by atoms with Gasteiger partial charge in [0.25, 0.3) is 5.91 Å². The quantitative estimate of drug-likeness (QED) is 0.418. The number of amides is 1. The zero-order valence-corrected chi connectivity index (χ0v) is 18.4. The number of nitriles is 1. The summed E-state index contributed by atoms with van der Waals surface area (Å²) in [5, 5.41) is 12.6. The highest BCUT2D eigenvalue weighted by atomic mass is 32.2. The Morgan fingerprint density at radius 3 is 2.00 bits per heavy atom. The summed E-state index contributed by atoms with van der Waals surface area (Å²) >= 11 is 0. The summed E-state index contributed by atoms with van der Waals surface area (Å²) in [5.41, 5.74) is 2.97. The van der Waals surface area contributed by atoms with Crippen molar-refractivity contribution in [3.8, 4) is 28.5 Å². The summed E-state index contributed by atoms with van der Waals surface area (Å²) in [5.74, 6) is 0.0188. The Hall–Kier alpha value is -4.35. The molecule has 0 saturated heterocycles. The molecule has 3 aromatic carbocycles. The number of hydrogen-bond acceptors (Lipinski definition) is 5. The van der Waals surface area contributed by atoms with E-state index in [0.29, 0.717) is 17.0 Å². The van der Waals surface area contributed by atoms with Gasteiger partial charge in [0.15, 0.2) is 0 Å². The lowest BCUT2D eigenvalue weighted by Gasteiger charge is -2.06. The Bertz CT molecular complexity index is 1440. The van der Waals surface area contributed by atoms with Crippen LogP contribution in [0.25, 0.3) is 22.5 Å². The monoisotopic (exact) mass is 457 g/mol. The molecule has 2 N–H and O–H groups in total. The molecule has 1 amide bonds. The lowest BCUT2D eigenvalue weighted by molar-refractivity contribution is 0.102. The summed E-state index contributed by atoms with van der Waals surface area (Å²) in [6.07, 6.45) is 1.04. The highest BCUT2D eigenvalue weighted by molar-refractivity contribution is 7.92. The van der Waals surface area contributed by atoms with Gasteiger partial charge in [-0.2, -0.15) is 5.26 Å². The topological polar surface area (TPSA) is 112 Å². The zero-order chi connectivity index (χ0) is 23.4. The normalized spacial score (nSPS) is 10.9. The molecule has 0 saturated carbocycles. The molecule has 0 radical (unpaired) electrons. The first-order valence-electron chi connectivity index (χ1n) is 9.92. The second-order valence-electron chi connectivity index (χ2n) is 7.26. The standard InChI is InChI=1S/C25H19N3O4S/c1-33(30,31)28-20-14-12-19(13-15-20)24(29)27-25-21(16-26)22(17-8-4-2-5-9-17)23(32-25)18-10-6-3-7-11-18/h2-15,28H,1H3,(H,27,29). The van der Waals surface area contributed by atoms with Crippen molar-refractivity contribution in [3.05, 3.63) is 96.1 Å². The van der Waals surface area contributed by atoms with Gasteiger partial charge in [0, 0.05) is 22.4 Å². The summed E-state index contributed by atoms with van der Waals surface area (Å²) in [6, 6.07) is 26.8. The number of nitrogens with zero attached hydrogens (tertiary/aromatic N) is 1. The molecule has 0 fully saturated rings. The molecule has 0 unspecified atom stereocenters. The molecule has 0 atom stereocenters. The van der Waals surface area contributed by atoms with Gasteiger partial charge < -0.3 is 4.42 Å². The first kappa shape index (κ1) is 21.9. The highest BCUT2D eigenvalue weighted by Crippen LogP contribution is 2.41. The lowest BCUT2D eigenvalue weighted by Crippen LogP contribution is -2.13. The molecule has 164 valence electrons. The van der Waals surface area contributed by atoms with Gasteiger partial charge in [-0.3, -0.25) is 14.8 Å². The third-order valence-corrected chi connectivity index (χ3v) is 5.40. The smallest absolute Gasteiger partial charge is 0.258 e. The number of carbonyl (C=O) groups is 1. The molecule has 0 bridgehead atoms. The average molecular weight is 458 g/mol. The van der Waals surface area contributed by atoms with Crippen molar-refractivity contribution in [1.29, 1.82) is 5.26 Å². The van der Waals surface area contributed by atoms with Crippen LogP contribution in [-0.2, 0) is 10.0 Å². The van der Waals surface area contributed by atoms with Gasteiger partial charge in [-0.05, 0) is 29.8 Å². The van der Waals surface area contributed by atoms with Crippen molar-refractivity contribution in [3.63, 3.8) is 0 Å². The van der Waals surface area contributed by atoms with Crippen LogP contribution < -0.4 is 10.0 Å². The number of hydrogen-bond donors (Lipinski definition) is 2. The lowest BCUT2D eigenvalue weighted by atomic mass is 9.98. The van der Waals surface area contributed by atoms with E-state index in [-0.39, 0.29) is 17.0 Å². The van der Waals surface area contributed by atoms with E-state index in [1.165, 1.54) is 24.3 Å². The fourth-order valence-electron chi connectivity index (χ4n) is 3.38. The number of benzene rings is 3. The molecule has 7 nitrogen and oxygen atoms in total. The molecule has 1 aromatic heterocycles. The second kappa shape index (κ2) is 9.02. The minimum absolute atomic E-state index is 0.0403. The van der Waals surface area contributed by atoms with Crippen LogP contribution in [0.3, 0.4) is 0 Å². The number of furan rings is 1. The van der Waals surface area contributed by atoms with Crippen LogP contribution in [0.2, 0.25) is 0 Å². The zero-order valence-electron chi connectivity index (χ0n) is 17.6. The predicted octanol–water partition coefficient (Wildman–Crippen LogP) is 5.11. The largest absolute Gasteiger partial charge is 0.438 e. The van der Waals surface area contributed by atoms with Gasteiger partial charge in [-0.25, -0.2) is 8.42 Å². The van der Waals surface area contributed by atoms with Crippen LogP contribution in [0.1, 0.15) is 15.9 Å². The third kappa shape index (κ3) is 4.95. The van der Waals surface area contributed by atoms with E-state index in [0.717, 1.165) is 17.4 Å². The maximum atomic E-state index is 12.9. The molecule has 1 heterocycles. The van der Waals surface area contributed by atoms with Crippen LogP contribution in [0.15, 0.2) is 89.3 Å². The second-order valence-corrected chi connectivity index (χ2v) is 9.01. The van der Waals surface area contributed by atoms with E-state index >= 15 is 0 Å². The molecule has 4 rings (SSSR count). The van der Waals surface area contributed by atoms with Crippen molar-refractivity contribution in [1.82, 2.24) is 0 Å². The van der Waals surface area contributed by atoms with Gasteiger partial charge in [0.2, 0.25) is 15.9 Å². The average Bonchev–Trinajstić information content (AvgIpc) is 3.17. The molecular formula is C25H19N3O4S. The van der Waals surface area contributed by atoms with Crippen molar-refractivity contribution in [2.45, 2.75) is 0 Å². The van der Waals surface area contributed by atoms with Crippen molar-refractivity contribution in [2.75, 3.05) is 16.3 Å². The number of carbonyl (C=O) groups excluding carboxylic acids is 1. The van der Waals surface area contributed by atoms with E-state index in [2.05, 4.69) is 16.1 Å². The van der Waals surface area contributed by atoms with E-state index in [1.54, 1.807) is 0 Å². The maximum Gasteiger partial charge on any atom is 0.258 e. The molecule has 0 aliphatic carbocycles. The van der Waals surface area contributed by atoms with Crippen LogP contribution in [0.4, 0.5) is 11.6 Å². The van der Waals surface area contributed by atoms with E-state index in [4.69, 9.17) is 4.42 Å². The summed E-state index contributed by atoms with van der Waals surface area (Å²) in [6.45, 7) is 0. The fourth-order valence-corrected chi connectivity index (χ4v) is 3.94. The van der Waals surface area contributed by atoms with Gasteiger partial charge >= 0.3 is 0 Å². The first-order chi connectivity index (χ1) is 15.9. The number of anilines is 2. The molecule has 4 aromatic rings. The van der Waals surface area contributed by atoms with Gasteiger partial charge in [-0.15, -0.1) is 0 Å². The molecular weight excluding hydrogens is 438 g/mol. The van der Waals surface area contributed by atoms with Crippen LogP contribution in [0, 0.1) is 11.3 Å². The Morgan fingerprint density at radius 2 is 1.45 bits per heavy atom. The van der Waals surface area contributed by atoms with Crippen LogP contribution >= 0.6 is 0 Å². The van der Waals surface area contributed by atoms with Crippen LogP contribution in [0.5, 0.6) is 0 Å².